The van der Waals surface area contributed by atoms with E-state index in [-0.39, 0.29) is 6.61 Å². The van der Waals surface area contributed by atoms with Crippen molar-refractivity contribution in [3.8, 4) is 5.75 Å². The van der Waals surface area contributed by atoms with Crippen molar-refractivity contribution in [3.63, 3.8) is 0 Å². The molecule has 1 aromatic carbocycles. The Labute approximate surface area is 84.0 Å². The van der Waals surface area contributed by atoms with E-state index in [1.165, 1.54) is 0 Å². The largest absolute Gasteiger partial charge is 0.480 e. The van der Waals surface area contributed by atoms with Gasteiger partial charge in [-0.2, -0.15) is 0 Å². The zero-order valence-corrected chi connectivity index (χ0v) is 8.37. The Kier molecular flexibility index (Phi) is 3.13. The molecule has 0 aliphatic heterocycles. The molecule has 0 unspecified atom stereocenters. The SMILES string of the molecule is NC(=O)COc1c(N)cccc1Br. The number of hydrogen-bond acceptors (Lipinski definition) is 3. The van der Waals surface area contributed by atoms with Crippen LogP contribution in [0.4, 0.5) is 5.69 Å². The maximum absolute atomic E-state index is 10.4. The molecule has 0 aliphatic rings. The third-order valence-corrected chi connectivity index (χ3v) is 1.98. The summed E-state index contributed by atoms with van der Waals surface area (Å²) < 4.78 is 5.79. The Bertz CT molecular complexity index is 308. The van der Waals surface area contributed by atoms with Crippen molar-refractivity contribution in [1.29, 1.82) is 0 Å². The van der Waals surface area contributed by atoms with E-state index in [4.69, 9.17) is 16.2 Å². The standard InChI is InChI=1S/C8H9BrN2O2/c9-5-2-1-3-6(10)8(5)13-4-7(11)12/h1-3H,4,10H2,(H2,11,12). The molecule has 70 valence electrons. The smallest absolute Gasteiger partial charge is 0.255 e. The average Bonchev–Trinajstić information content (AvgIpc) is 2.03. The van der Waals surface area contributed by atoms with Crippen LogP contribution >= 0.6 is 15.9 Å². The molecule has 0 aliphatic carbocycles. The summed E-state index contributed by atoms with van der Waals surface area (Å²) in [7, 11) is 0. The number of para-hydroxylation sites is 1. The minimum atomic E-state index is -0.532. The van der Waals surface area contributed by atoms with Gasteiger partial charge in [0.2, 0.25) is 0 Å². The summed E-state index contributed by atoms with van der Waals surface area (Å²) in [6, 6.07) is 5.23. The van der Waals surface area contributed by atoms with E-state index in [0.717, 1.165) is 0 Å². The van der Waals surface area contributed by atoms with Gasteiger partial charge in [0.05, 0.1) is 10.2 Å². The van der Waals surface area contributed by atoms with Gasteiger partial charge in [-0.25, -0.2) is 0 Å². The average molecular weight is 245 g/mol. The molecule has 0 saturated heterocycles. The van der Waals surface area contributed by atoms with Crippen LogP contribution in [0.1, 0.15) is 0 Å². The Morgan fingerprint density at radius 3 is 2.77 bits per heavy atom. The second-order valence-corrected chi connectivity index (χ2v) is 3.27. The fraction of sp³-hybridized carbons (Fsp3) is 0.125. The molecule has 5 heteroatoms. The topological polar surface area (TPSA) is 78.3 Å². The molecule has 4 nitrogen and oxygen atoms in total. The number of benzene rings is 1. The molecule has 0 atom stereocenters. The van der Waals surface area contributed by atoms with E-state index in [2.05, 4.69) is 15.9 Å². The van der Waals surface area contributed by atoms with Crippen LogP contribution in [0.3, 0.4) is 0 Å². The number of nitrogens with two attached hydrogens (primary N) is 2. The maximum Gasteiger partial charge on any atom is 0.255 e. The lowest BCUT2D eigenvalue weighted by molar-refractivity contribution is -0.119. The third-order valence-electron chi connectivity index (χ3n) is 1.36. The van der Waals surface area contributed by atoms with Gasteiger partial charge in [-0.05, 0) is 28.1 Å². The Balaban J connectivity index is 2.81. The van der Waals surface area contributed by atoms with Crippen LogP contribution in [0.15, 0.2) is 22.7 Å². The second kappa shape index (κ2) is 4.13. The highest BCUT2D eigenvalue weighted by Crippen LogP contribution is 2.30. The fourth-order valence-corrected chi connectivity index (χ4v) is 1.32. The van der Waals surface area contributed by atoms with E-state index >= 15 is 0 Å². The molecule has 1 rings (SSSR count). The quantitative estimate of drug-likeness (QED) is 0.776. The third kappa shape index (κ3) is 2.62. The van der Waals surface area contributed by atoms with Crippen LogP contribution in [-0.4, -0.2) is 12.5 Å². The second-order valence-electron chi connectivity index (χ2n) is 2.41. The molecule has 0 heterocycles. The van der Waals surface area contributed by atoms with Crippen molar-refractivity contribution >= 4 is 27.5 Å². The number of primary amides is 1. The zero-order valence-electron chi connectivity index (χ0n) is 6.79. The lowest BCUT2D eigenvalue weighted by Crippen LogP contribution is -2.20. The van der Waals surface area contributed by atoms with Gasteiger partial charge in [-0.3, -0.25) is 4.79 Å². The zero-order chi connectivity index (χ0) is 9.84. The Morgan fingerprint density at radius 1 is 1.54 bits per heavy atom. The first-order valence-electron chi connectivity index (χ1n) is 3.56. The molecule has 1 aromatic rings. The van der Waals surface area contributed by atoms with Gasteiger partial charge in [0.15, 0.2) is 12.4 Å². The van der Waals surface area contributed by atoms with Crippen LogP contribution in [0.2, 0.25) is 0 Å². The van der Waals surface area contributed by atoms with E-state index < -0.39 is 5.91 Å². The molecule has 0 spiro atoms. The normalized spacial score (nSPS) is 9.62. The summed E-state index contributed by atoms with van der Waals surface area (Å²) in [5.41, 5.74) is 11.0. The predicted molar refractivity (Wildman–Crippen MR) is 53.2 cm³/mol. The number of anilines is 1. The molecule has 0 bridgehead atoms. The first kappa shape index (κ1) is 9.85. The van der Waals surface area contributed by atoms with Gasteiger partial charge < -0.3 is 16.2 Å². The number of hydrogen-bond donors (Lipinski definition) is 2. The first-order chi connectivity index (χ1) is 6.11. The van der Waals surface area contributed by atoms with Gasteiger partial charge in [0.1, 0.15) is 0 Å². The van der Waals surface area contributed by atoms with E-state index in [0.29, 0.717) is 15.9 Å². The van der Waals surface area contributed by atoms with Crippen molar-refractivity contribution in [2.45, 2.75) is 0 Å². The highest BCUT2D eigenvalue weighted by Gasteiger charge is 2.05. The molecule has 1 amide bonds. The fourth-order valence-electron chi connectivity index (χ4n) is 0.821. The van der Waals surface area contributed by atoms with Crippen molar-refractivity contribution in [2.24, 2.45) is 5.73 Å². The van der Waals surface area contributed by atoms with Gasteiger partial charge in [-0.1, -0.05) is 6.07 Å². The number of carbonyl (C=O) groups excluding carboxylic acids is 1. The number of halogens is 1. The molecular formula is C8H9BrN2O2. The van der Waals surface area contributed by atoms with E-state index in [1.807, 2.05) is 0 Å². The monoisotopic (exact) mass is 244 g/mol. The summed E-state index contributed by atoms with van der Waals surface area (Å²) in [6.45, 7) is -0.174. The van der Waals surface area contributed by atoms with Crippen LogP contribution in [0.25, 0.3) is 0 Å². The molecule has 13 heavy (non-hydrogen) atoms. The lowest BCUT2D eigenvalue weighted by atomic mass is 10.3. The first-order valence-corrected chi connectivity index (χ1v) is 4.35. The molecule has 0 radical (unpaired) electrons. The van der Waals surface area contributed by atoms with Crippen LogP contribution in [-0.2, 0) is 4.79 Å². The van der Waals surface area contributed by atoms with Crippen molar-refractivity contribution < 1.29 is 9.53 Å². The number of amides is 1. The highest BCUT2D eigenvalue weighted by molar-refractivity contribution is 9.10. The van der Waals surface area contributed by atoms with E-state index in [9.17, 15) is 4.79 Å². The number of carbonyl (C=O) groups is 1. The maximum atomic E-state index is 10.4. The summed E-state index contributed by atoms with van der Waals surface area (Å²) in [5.74, 6) is -0.0866. The molecular weight excluding hydrogens is 236 g/mol. The number of nitrogen functional groups attached to an aromatic ring is 1. The molecule has 0 saturated carbocycles. The van der Waals surface area contributed by atoms with Crippen LogP contribution in [0.5, 0.6) is 5.75 Å². The van der Waals surface area contributed by atoms with Crippen molar-refractivity contribution in [2.75, 3.05) is 12.3 Å². The van der Waals surface area contributed by atoms with Crippen molar-refractivity contribution in [1.82, 2.24) is 0 Å². The van der Waals surface area contributed by atoms with Crippen molar-refractivity contribution in [3.05, 3.63) is 22.7 Å². The van der Waals surface area contributed by atoms with Gasteiger partial charge in [0, 0.05) is 0 Å². The summed E-state index contributed by atoms with van der Waals surface area (Å²) in [4.78, 5) is 10.4. The highest BCUT2D eigenvalue weighted by atomic mass is 79.9. The minimum Gasteiger partial charge on any atom is -0.480 e. The number of rotatable bonds is 3. The molecule has 0 fully saturated rings. The van der Waals surface area contributed by atoms with Gasteiger partial charge in [0.25, 0.3) is 5.91 Å². The number of ether oxygens (including phenoxy) is 1. The molecule has 4 N–H and O–H groups in total. The summed E-state index contributed by atoms with van der Waals surface area (Å²) in [5, 5.41) is 0. The Morgan fingerprint density at radius 2 is 2.23 bits per heavy atom. The Hall–Kier alpha value is -1.23. The predicted octanol–water partition coefficient (Wildman–Crippen LogP) is 0.895. The van der Waals surface area contributed by atoms with Gasteiger partial charge >= 0.3 is 0 Å². The summed E-state index contributed by atoms with van der Waals surface area (Å²) in [6.07, 6.45) is 0. The summed E-state index contributed by atoms with van der Waals surface area (Å²) >= 11 is 3.24. The van der Waals surface area contributed by atoms with Crippen LogP contribution in [0, 0.1) is 0 Å². The lowest BCUT2D eigenvalue weighted by Gasteiger charge is -2.08. The molecule has 0 aromatic heterocycles. The van der Waals surface area contributed by atoms with Crippen LogP contribution < -0.4 is 16.2 Å². The van der Waals surface area contributed by atoms with Gasteiger partial charge in [-0.15, -0.1) is 0 Å². The van der Waals surface area contributed by atoms with E-state index in [1.54, 1.807) is 18.2 Å². The minimum absolute atomic E-state index is 0.174.